The van der Waals surface area contributed by atoms with Gasteiger partial charge in [0.25, 0.3) is 5.91 Å². The lowest BCUT2D eigenvalue weighted by Crippen LogP contribution is -2.42. The van der Waals surface area contributed by atoms with E-state index in [1.165, 1.54) is 0 Å². The molecule has 0 saturated carbocycles. The summed E-state index contributed by atoms with van der Waals surface area (Å²) in [6, 6.07) is 9.04. The Morgan fingerprint density at radius 3 is 2.62 bits per heavy atom. The maximum Gasteiger partial charge on any atom is 0.287 e. The van der Waals surface area contributed by atoms with Crippen LogP contribution in [0.25, 0.3) is 11.3 Å². The van der Waals surface area contributed by atoms with Crippen molar-refractivity contribution in [1.29, 1.82) is 0 Å². The Morgan fingerprint density at radius 2 is 1.96 bits per heavy atom. The summed E-state index contributed by atoms with van der Waals surface area (Å²) in [6.07, 6.45) is 0.535. The van der Waals surface area contributed by atoms with Crippen LogP contribution >= 0.6 is 15.9 Å². The van der Waals surface area contributed by atoms with Gasteiger partial charge >= 0.3 is 0 Å². The first-order chi connectivity index (χ1) is 12.3. The minimum absolute atomic E-state index is 0.0193. The number of carbonyl (C=O) groups is 2. The van der Waals surface area contributed by atoms with Crippen LogP contribution in [0.5, 0.6) is 0 Å². The summed E-state index contributed by atoms with van der Waals surface area (Å²) in [6.45, 7) is 0. The summed E-state index contributed by atoms with van der Waals surface area (Å²) >= 11 is 3.35. The molecule has 0 bridgehead atoms. The van der Waals surface area contributed by atoms with Crippen LogP contribution in [0.2, 0.25) is 0 Å². The first kappa shape index (κ1) is 18.6. The van der Waals surface area contributed by atoms with Gasteiger partial charge in [-0.3, -0.25) is 25.5 Å². The summed E-state index contributed by atoms with van der Waals surface area (Å²) < 4.78 is 23.7. The molecule has 1 aromatic carbocycles. The first-order valence-electron chi connectivity index (χ1n) is 7.93. The van der Waals surface area contributed by atoms with Crippen LogP contribution in [0.15, 0.2) is 34.8 Å². The van der Waals surface area contributed by atoms with Gasteiger partial charge in [-0.15, -0.1) is 0 Å². The van der Waals surface area contributed by atoms with Gasteiger partial charge in [-0.25, -0.2) is 8.42 Å². The number of aromatic nitrogens is 2. The molecule has 138 valence electrons. The molecule has 2 amide bonds. The quantitative estimate of drug-likeness (QED) is 0.620. The van der Waals surface area contributed by atoms with Gasteiger partial charge in [-0.1, -0.05) is 28.1 Å². The van der Waals surface area contributed by atoms with Crippen LogP contribution in [-0.2, 0) is 14.6 Å². The van der Waals surface area contributed by atoms with Crippen LogP contribution in [0.4, 0.5) is 0 Å². The van der Waals surface area contributed by atoms with Gasteiger partial charge in [0.1, 0.15) is 5.69 Å². The summed E-state index contributed by atoms with van der Waals surface area (Å²) in [5, 5.41) is 6.70. The topological polar surface area (TPSA) is 121 Å². The number of hydrogen-bond acceptors (Lipinski definition) is 5. The molecule has 2 aromatic rings. The molecule has 1 fully saturated rings. The molecule has 1 aromatic heterocycles. The Bertz CT molecular complexity index is 924. The number of rotatable bonds is 4. The van der Waals surface area contributed by atoms with Crippen molar-refractivity contribution in [2.75, 3.05) is 11.5 Å². The van der Waals surface area contributed by atoms with Crippen molar-refractivity contribution in [3.8, 4) is 11.3 Å². The molecule has 3 rings (SSSR count). The lowest BCUT2D eigenvalue weighted by Gasteiger charge is -2.09. The third-order valence-electron chi connectivity index (χ3n) is 4.08. The molecule has 1 unspecified atom stereocenters. The molecule has 2 heterocycles. The second-order valence-electron chi connectivity index (χ2n) is 6.15. The maximum atomic E-state index is 12.1. The molecule has 0 spiro atoms. The van der Waals surface area contributed by atoms with Gasteiger partial charge in [0.15, 0.2) is 9.84 Å². The standard InChI is InChI=1S/C16H17BrN4O4S/c17-12-3-1-11(2-4-12)13-8-14(19-18-13)16(23)21-20-15(22)7-10-5-6-26(24,25)9-10/h1-4,8,10H,5-7,9H2,(H,18,19)(H,20,22)(H,21,23). The third-order valence-corrected chi connectivity index (χ3v) is 6.44. The zero-order chi connectivity index (χ0) is 18.7. The third kappa shape index (κ3) is 4.70. The minimum Gasteiger partial charge on any atom is -0.273 e. The molecular formula is C16H17BrN4O4S. The molecule has 3 N–H and O–H groups in total. The lowest BCUT2D eigenvalue weighted by atomic mass is 10.1. The summed E-state index contributed by atoms with van der Waals surface area (Å²) in [7, 11) is -3.03. The Morgan fingerprint density at radius 1 is 1.23 bits per heavy atom. The minimum atomic E-state index is -3.03. The number of sulfone groups is 1. The van der Waals surface area contributed by atoms with Crippen molar-refractivity contribution in [3.05, 3.63) is 40.5 Å². The Labute approximate surface area is 158 Å². The van der Waals surface area contributed by atoms with Crippen molar-refractivity contribution in [2.24, 2.45) is 5.92 Å². The van der Waals surface area contributed by atoms with E-state index in [0.717, 1.165) is 10.0 Å². The van der Waals surface area contributed by atoms with Gasteiger partial charge in [0.05, 0.1) is 17.2 Å². The molecule has 1 atom stereocenters. The van der Waals surface area contributed by atoms with Crippen LogP contribution in [0.3, 0.4) is 0 Å². The average molecular weight is 441 g/mol. The molecule has 0 aliphatic carbocycles. The van der Waals surface area contributed by atoms with Crippen molar-refractivity contribution in [2.45, 2.75) is 12.8 Å². The van der Waals surface area contributed by atoms with E-state index in [9.17, 15) is 18.0 Å². The number of carbonyl (C=O) groups excluding carboxylic acids is 2. The second-order valence-corrected chi connectivity index (χ2v) is 9.29. The highest BCUT2D eigenvalue weighted by Crippen LogP contribution is 2.21. The van der Waals surface area contributed by atoms with Crippen LogP contribution < -0.4 is 10.9 Å². The molecule has 1 aliphatic rings. The summed E-state index contributed by atoms with van der Waals surface area (Å²) in [5.74, 6) is -1.02. The number of aromatic amines is 1. The van der Waals surface area contributed by atoms with Gasteiger partial charge < -0.3 is 0 Å². The number of amides is 2. The van der Waals surface area contributed by atoms with Crippen LogP contribution in [0, 0.1) is 5.92 Å². The van der Waals surface area contributed by atoms with E-state index in [1.807, 2.05) is 24.3 Å². The smallest absolute Gasteiger partial charge is 0.273 e. The predicted molar refractivity (Wildman–Crippen MR) is 98.7 cm³/mol. The normalized spacial score (nSPS) is 18.4. The predicted octanol–water partition coefficient (Wildman–Crippen LogP) is 1.43. The van der Waals surface area contributed by atoms with E-state index in [4.69, 9.17) is 0 Å². The molecule has 1 aliphatic heterocycles. The Balaban J connectivity index is 1.52. The number of nitrogens with zero attached hydrogens (tertiary/aromatic N) is 1. The van der Waals surface area contributed by atoms with Crippen LogP contribution in [0.1, 0.15) is 23.3 Å². The number of halogens is 1. The summed E-state index contributed by atoms with van der Waals surface area (Å²) in [4.78, 5) is 23.9. The zero-order valence-electron chi connectivity index (χ0n) is 13.7. The van der Waals surface area contributed by atoms with E-state index in [2.05, 4.69) is 37.0 Å². The number of H-pyrrole nitrogens is 1. The molecule has 1 saturated heterocycles. The van der Waals surface area contributed by atoms with Gasteiger partial charge in [0, 0.05) is 16.5 Å². The van der Waals surface area contributed by atoms with Gasteiger partial charge in [-0.05, 0) is 30.5 Å². The van der Waals surface area contributed by atoms with Crippen molar-refractivity contribution in [1.82, 2.24) is 21.0 Å². The first-order valence-corrected chi connectivity index (χ1v) is 10.5. The average Bonchev–Trinajstić information content (AvgIpc) is 3.20. The molecule has 0 radical (unpaired) electrons. The van der Waals surface area contributed by atoms with E-state index in [1.54, 1.807) is 6.07 Å². The maximum absolute atomic E-state index is 12.1. The van der Waals surface area contributed by atoms with Crippen molar-refractivity contribution >= 4 is 37.6 Å². The fourth-order valence-electron chi connectivity index (χ4n) is 2.75. The SMILES string of the molecule is O=C(CC1CCS(=O)(=O)C1)NNC(=O)c1cc(-c2ccc(Br)cc2)n[nH]1. The Hall–Kier alpha value is -2.20. The largest absolute Gasteiger partial charge is 0.287 e. The van der Waals surface area contributed by atoms with E-state index in [0.29, 0.717) is 12.1 Å². The zero-order valence-corrected chi connectivity index (χ0v) is 16.1. The Kier molecular flexibility index (Phi) is 5.42. The highest BCUT2D eigenvalue weighted by Gasteiger charge is 2.29. The summed E-state index contributed by atoms with van der Waals surface area (Å²) in [5.41, 5.74) is 6.25. The monoisotopic (exact) mass is 440 g/mol. The van der Waals surface area contributed by atoms with Gasteiger partial charge in [0.2, 0.25) is 5.91 Å². The number of hydrazine groups is 1. The van der Waals surface area contributed by atoms with Gasteiger partial charge in [-0.2, -0.15) is 5.10 Å². The lowest BCUT2D eigenvalue weighted by molar-refractivity contribution is -0.122. The van der Waals surface area contributed by atoms with E-state index >= 15 is 0 Å². The fourth-order valence-corrected chi connectivity index (χ4v) is 4.87. The van der Waals surface area contributed by atoms with Crippen molar-refractivity contribution in [3.63, 3.8) is 0 Å². The number of hydrogen-bond donors (Lipinski definition) is 3. The highest BCUT2D eigenvalue weighted by atomic mass is 79.9. The molecule has 10 heteroatoms. The van der Waals surface area contributed by atoms with Crippen LogP contribution in [-0.4, -0.2) is 41.9 Å². The second kappa shape index (κ2) is 7.58. The fraction of sp³-hybridized carbons (Fsp3) is 0.312. The van der Waals surface area contributed by atoms with Crippen molar-refractivity contribution < 1.29 is 18.0 Å². The highest BCUT2D eigenvalue weighted by molar-refractivity contribution is 9.10. The van der Waals surface area contributed by atoms with E-state index in [-0.39, 0.29) is 29.5 Å². The van der Waals surface area contributed by atoms with E-state index < -0.39 is 21.7 Å². The molecule has 8 nitrogen and oxygen atoms in total. The number of benzene rings is 1. The molecular weight excluding hydrogens is 424 g/mol. The molecule has 26 heavy (non-hydrogen) atoms. The number of nitrogens with one attached hydrogen (secondary N) is 3.